The first-order chi connectivity index (χ1) is 13.0. The molecule has 1 unspecified atom stereocenters. The zero-order valence-electron chi connectivity index (χ0n) is 15.5. The lowest BCUT2D eigenvalue weighted by atomic mass is 10.1. The summed E-state index contributed by atoms with van der Waals surface area (Å²) in [5.41, 5.74) is 0.675. The van der Waals surface area contributed by atoms with E-state index in [1.807, 2.05) is 35.8 Å². The van der Waals surface area contributed by atoms with Gasteiger partial charge in [0.25, 0.3) is 0 Å². The van der Waals surface area contributed by atoms with Crippen molar-refractivity contribution in [3.63, 3.8) is 0 Å². The minimum atomic E-state index is -0.913. The van der Waals surface area contributed by atoms with Gasteiger partial charge in [0, 0.05) is 20.3 Å². The fraction of sp³-hybridized carbons (Fsp3) is 0.500. The third-order valence-corrected chi connectivity index (χ3v) is 4.75. The molecule has 0 saturated carbocycles. The number of nitrogens with zero attached hydrogens (tertiary/aromatic N) is 5. The molecule has 0 spiro atoms. The maximum absolute atomic E-state index is 9.71. The zero-order valence-corrected chi connectivity index (χ0v) is 15.5. The van der Waals surface area contributed by atoms with Crippen LogP contribution in [0.4, 0.5) is 5.82 Å². The molecule has 144 valence electrons. The van der Waals surface area contributed by atoms with Crippen LogP contribution in [0.1, 0.15) is 13.2 Å². The van der Waals surface area contributed by atoms with E-state index in [1.165, 1.54) is 6.33 Å². The Morgan fingerprint density at radius 3 is 2.85 bits per heavy atom. The van der Waals surface area contributed by atoms with Crippen LogP contribution in [-0.4, -0.2) is 75.7 Å². The Balaban J connectivity index is 1.72. The second-order valence-electron chi connectivity index (χ2n) is 7.00. The predicted octanol–water partition coefficient (Wildman–Crippen LogP) is 1.23. The second-order valence-corrected chi connectivity index (χ2v) is 7.00. The number of ether oxygens (including phenoxy) is 3. The normalized spacial score (nSPS) is 33.0. The van der Waals surface area contributed by atoms with Crippen molar-refractivity contribution in [1.29, 1.82) is 0 Å². The Morgan fingerprint density at radius 1 is 1.37 bits per heavy atom. The molecule has 27 heavy (non-hydrogen) atoms. The molecule has 2 aromatic heterocycles. The average Bonchev–Trinajstić information content (AvgIpc) is 3.31. The summed E-state index contributed by atoms with van der Waals surface area (Å²) in [6.07, 6.45) is 4.85. The minimum Gasteiger partial charge on any atom is -0.394 e. The van der Waals surface area contributed by atoms with E-state index in [1.54, 1.807) is 19.3 Å². The monoisotopic (exact) mass is 373 g/mol. The van der Waals surface area contributed by atoms with E-state index in [-0.39, 0.29) is 6.61 Å². The number of aliphatic hydroxyl groups is 1. The van der Waals surface area contributed by atoms with Gasteiger partial charge in [0.15, 0.2) is 17.8 Å². The highest BCUT2D eigenvalue weighted by atomic mass is 16.8. The predicted molar refractivity (Wildman–Crippen MR) is 98.7 cm³/mol. The molecule has 5 atom stereocenters. The summed E-state index contributed by atoms with van der Waals surface area (Å²) < 4.78 is 19.9. The Hall–Kier alpha value is -2.33. The SMILES string of the molecule is C=CC1(C)O[C@@H]2[C@H](O1)[C@@H](CO)O[C@H]2n1ccc2c(/N=C/N(C)C)ncnc21. The van der Waals surface area contributed by atoms with Crippen molar-refractivity contribution < 1.29 is 19.3 Å². The first-order valence-electron chi connectivity index (χ1n) is 8.73. The summed E-state index contributed by atoms with van der Waals surface area (Å²) in [7, 11) is 3.78. The van der Waals surface area contributed by atoms with Crippen LogP contribution in [0.15, 0.2) is 36.2 Å². The van der Waals surface area contributed by atoms with Crippen LogP contribution in [0.25, 0.3) is 11.0 Å². The summed E-state index contributed by atoms with van der Waals surface area (Å²) in [6.45, 7) is 5.41. The molecule has 1 N–H and O–H groups in total. The number of aliphatic imine (C=N–C) groups is 1. The maximum atomic E-state index is 9.71. The standard InChI is InChI=1S/C18H23N5O4/c1-5-18(2)26-13-12(8-24)25-17(14(13)27-18)23-7-6-11-15(21-10-22(3)4)19-9-20-16(11)23/h5-7,9-10,12-14,17,24H,1,8H2,2-4H3/b21-10+/t12-,13-,14-,17-,18?/m1/s1. The second kappa shape index (κ2) is 6.68. The van der Waals surface area contributed by atoms with Crippen molar-refractivity contribution in [3.8, 4) is 0 Å². The molecule has 0 bridgehead atoms. The summed E-state index contributed by atoms with van der Waals surface area (Å²) in [6, 6.07) is 1.89. The van der Waals surface area contributed by atoms with Crippen LogP contribution in [0.2, 0.25) is 0 Å². The number of rotatable bonds is 5. The molecule has 2 saturated heterocycles. The van der Waals surface area contributed by atoms with Gasteiger partial charge in [-0.15, -0.1) is 0 Å². The highest BCUT2D eigenvalue weighted by Crippen LogP contribution is 2.44. The number of aliphatic hydroxyl groups excluding tert-OH is 1. The van der Waals surface area contributed by atoms with E-state index >= 15 is 0 Å². The molecule has 4 heterocycles. The highest BCUT2D eigenvalue weighted by molar-refractivity contribution is 5.87. The van der Waals surface area contributed by atoms with Gasteiger partial charge in [0.05, 0.1) is 18.3 Å². The third-order valence-electron chi connectivity index (χ3n) is 4.75. The van der Waals surface area contributed by atoms with Gasteiger partial charge in [-0.3, -0.25) is 0 Å². The summed E-state index contributed by atoms with van der Waals surface area (Å²) in [5, 5.41) is 10.5. The molecule has 2 aliphatic rings. The fourth-order valence-corrected chi connectivity index (χ4v) is 3.45. The van der Waals surface area contributed by atoms with Gasteiger partial charge in [-0.1, -0.05) is 6.58 Å². The molecule has 0 aromatic carbocycles. The molecule has 4 rings (SSSR count). The lowest BCUT2D eigenvalue weighted by Gasteiger charge is -2.25. The fourth-order valence-electron chi connectivity index (χ4n) is 3.45. The Bertz CT molecular complexity index is 882. The molecule has 0 radical (unpaired) electrons. The van der Waals surface area contributed by atoms with Gasteiger partial charge >= 0.3 is 0 Å². The van der Waals surface area contributed by atoms with Gasteiger partial charge in [-0.25, -0.2) is 15.0 Å². The Labute approximate surface area is 156 Å². The van der Waals surface area contributed by atoms with Crippen LogP contribution in [-0.2, 0) is 14.2 Å². The topological polar surface area (TPSA) is 94.2 Å². The van der Waals surface area contributed by atoms with Crippen LogP contribution in [0.5, 0.6) is 0 Å². The quantitative estimate of drug-likeness (QED) is 0.478. The molecule has 9 nitrogen and oxygen atoms in total. The number of hydrogen-bond acceptors (Lipinski definition) is 7. The van der Waals surface area contributed by atoms with E-state index < -0.39 is 30.3 Å². The Morgan fingerprint density at radius 2 is 2.15 bits per heavy atom. The van der Waals surface area contributed by atoms with Gasteiger partial charge in [0.1, 0.15) is 30.3 Å². The van der Waals surface area contributed by atoms with Crippen LogP contribution < -0.4 is 0 Å². The van der Waals surface area contributed by atoms with Gasteiger partial charge < -0.3 is 28.8 Å². The highest BCUT2D eigenvalue weighted by Gasteiger charge is 2.56. The largest absolute Gasteiger partial charge is 0.394 e. The third kappa shape index (κ3) is 3.02. The van der Waals surface area contributed by atoms with E-state index in [2.05, 4.69) is 21.5 Å². The molecule has 2 aromatic rings. The molecule has 0 aliphatic carbocycles. The van der Waals surface area contributed by atoms with E-state index in [0.717, 1.165) is 5.39 Å². The van der Waals surface area contributed by atoms with Crippen molar-refractivity contribution in [2.75, 3.05) is 20.7 Å². The lowest BCUT2D eigenvalue weighted by molar-refractivity contribution is -0.183. The number of hydrogen-bond donors (Lipinski definition) is 1. The molecular weight excluding hydrogens is 350 g/mol. The smallest absolute Gasteiger partial charge is 0.185 e. The Kier molecular flexibility index (Phi) is 4.47. The average molecular weight is 373 g/mol. The van der Waals surface area contributed by atoms with Crippen molar-refractivity contribution >= 4 is 23.2 Å². The maximum Gasteiger partial charge on any atom is 0.185 e. The van der Waals surface area contributed by atoms with Crippen molar-refractivity contribution in [2.45, 2.75) is 37.3 Å². The van der Waals surface area contributed by atoms with Crippen molar-refractivity contribution in [2.24, 2.45) is 4.99 Å². The van der Waals surface area contributed by atoms with Gasteiger partial charge in [-0.05, 0) is 19.1 Å². The van der Waals surface area contributed by atoms with E-state index in [0.29, 0.717) is 11.5 Å². The first kappa shape index (κ1) is 18.1. The van der Waals surface area contributed by atoms with Crippen LogP contribution in [0, 0.1) is 0 Å². The molecule has 9 heteroatoms. The van der Waals surface area contributed by atoms with Crippen molar-refractivity contribution in [1.82, 2.24) is 19.4 Å². The molecule has 2 aliphatic heterocycles. The zero-order chi connectivity index (χ0) is 19.2. The summed E-state index contributed by atoms with van der Waals surface area (Å²) >= 11 is 0. The number of fused-ring (bicyclic) bond motifs is 2. The van der Waals surface area contributed by atoms with Gasteiger partial charge in [0.2, 0.25) is 0 Å². The lowest BCUT2D eigenvalue weighted by Crippen LogP contribution is -2.32. The molecule has 0 amide bonds. The van der Waals surface area contributed by atoms with E-state index in [9.17, 15) is 5.11 Å². The molecule has 2 fully saturated rings. The van der Waals surface area contributed by atoms with Gasteiger partial charge in [-0.2, -0.15) is 0 Å². The minimum absolute atomic E-state index is 0.166. The van der Waals surface area contributed by atoms with E-state index in [4.69, 9.17) is 14.2 Å². The van der Waals surface area contributed by atoms with Crippen LogP contribution >= 0.6 is 0 Å². The van der Waals surface area contributed by atoms with Crippen LogP contribution in [0.3, 0.4) is 0 Å². The summed E-state index contributed by atoms with van der Waals surface area (Å²) in [5.74, 6) is -0.343. The molecular formula is C18H23N5O4. The number of aromatic nitrogens is 3. The first-order valence-corrected chi connectivity index (χ1v) is 8.73. The van der Waals surface area contributed by atoms with Crippen molar-refractivity contribution in [3.05, 3.63) is 31.2 Å². The summed E-state index contributed by atoms with van der Waals surface area (Å²) in [4.78, 5) is 14.9.